The van der Waals surface area contributed by atoms with Crippen LogP contribution in [0.3, 0.4) is 0 Å². The van der Waals surface area contributed by atoms with E-state index in [9.17, 15) is 9.59 Å². The zero-order valence-corrected chi connectivity index (χ0v) is 15.0. The van der Waals surface area contributed by atoms with Crippen LogP contribution in [0, 0.1) is 0 Å². The lowest BCUT2D eigenvalue weighted by molar-refractivity contribution is 0.0773. The fourth-order valence-corrected chi connectivity index (χ4v) is 2.40. The third-order valence-corrected chi connectivity index (χ3v) is 3.88. The van der Waals surface area contributed by atoms with Gasteiger partial charge in [-0.15, -0.1) is 0 Å². The van der Waals surface area contributed by atoms with Crippen LogP contribution in [0.25, 0.3) is 0 Å². The van der Waals surface area contributed by atoms with Gasteiger partial charge in [-0.25, -0.2) is 9.78 Å². The van der Waals surface area contributed by atoms with Crippen LogP contribution in [0.15, 0.2) is 42.6 Å². The summed E-state index contributed by atoms with van der Waals surface area (Å²) in [5, 5.41) is 5.86. The van der Waals surface area contributed by atoms with E-state index in [0.29, 0.717) is 36.0 Å². The van der Waals surface area contributed by atoms with Crippen LogP contribution in [-0.4, -0.2) is 34.9 Å². The molecule has 0 bridgehead atoms. The van der Waals surface area contributed by atoms with E-state index in [0.717, 1.165) is 5.56 Å². The second-order valence-corrected chi connectivity index (χ2v) is 5.74. The number of carbonyl (C=O) groups is 2. The maximum atomic E-state index is 12.4. The summed E-state index contributed by atoms with van der Waals surface area (Å²) in [4.78, 5) is 30.1. The van der Waals surface area contributed by atoms with Crippen molar-refractivity contribution in [2.24, 2.45) is 0 Å². The standard InChI is InChI=1S/C18H21ClN4O2/c1-3-23(4-2)17(24)14-6-5-7-15(10-14)22-18(25)21-12-13-8-9-16(19)20-11-13/h5-11H,3-4,12H2,1-2H3,(H2,21,22,25). The van der Waals surface area contributed by atoms with Gasteiger partial charge in [-0.05, 0) is 43.7 Å². The molecular weight excluding hydrogens is 340 g/mol. The van der Waals surface area contributed by atoms with Crippen molar-refractivity contribution in [2.75, 3.05) is 18.4 Å². The van der Waals surface area contributed by atoms with Crippen molar-refractivity contribution >= 4 is 29.2 Å². The topological polar surface area (TPSA) is 74.3 Å². The predicted molar refractivity (Wildman–Crippen MR) is 98.8 cm³/mol. The van der Waals surface area contributed by atoms with E-state index in [4.69, 9.17) is 11.6 Å². The van der Waals surface area contributed by atoms with Gasteiger partial charge in [0, 0.05) is 37.1 Å². The van der Waals surface area contributed by atoms with E-state index in [1.807, 2.05) is 13.8 Å². The number of benzene rings is 1. The first-order valence-electron chi connectivity index (χ1n) is 8.08. The normalized spacial score (nSPS) is 10.2. The Morgan fingerprint density at radius 1 is 1.16 bits per heavy atom. The molecule has 2 rings (SSSR count). The molecule has 0 saturated heterocycles. The highest BCUT2D eigenvalue weighted by atomic mass is 35.5. The monoisotopic (exact) mass is 360 g/mol. The number of hydrogen-bond donors (Lipinski definition) is 2. The molecule has 1 aromatic carbocycles. The van der Waals surface area contributed by atoms with Crippen LogP contribution in [-0.2, 0) is 6.54 Å². The third kappa shape index (κ3) is 5.46. The lowest BCUT2D eigenvalue weighted by atomic mass is 10.1. The number of hydrogen-bond acceptors (Lipinski definition) is 3. The average Bonchev–Trinajstić information content (AvgIpc) is 2.62. The van der Waals surface area contributed by atoms with Gasteiger partial charge in [0.1, 0.15) is 5.15 Å². The van der Waals surface area contributed by atoms with Crippen LogP contribution in [0.2, 0.25) is 5.15 Å². The SMILES string of the molecule is CCN(CC)C(=O)c1cccc(NC(=O)NCc2ccc(Cl)nc2)c1. The smallest absolute Gasteiger partial charge is 0.319 e. The minimum absolute atomic E-state index is 0.0544. The molecule has 0 aliphatic carbocycles. The third-order valence-electron chi connectivity index (χ3n) is 3.66. The summed E-state index contributed by atoms with van der Waals surface area (Å²) in [5.74, 6) is -0.0544. The number of nitrogens with one attached hydrogen (secondary N) is 2. The van der Waals surface area contributed by atoms with E-state index in [-0.39, 0.29) is 11.9 Å². The van der Waals surface area contributed by atoms with Gasteiger partial charge in [-0.2, -0.15) is 0 Å². The van der Waals surface area contributed by atoms with E-state index < -0.39 is 0 Å². The summed E-state index contributed by atoms with van der Waals surface area (Å²) in [5.41, 5.74) is 1.94. The van der Waals surface area contributed by atoms with Crippen LogP contribution in [0.4, 0.5) is 10.5 Å². The summed E-state index contributed by atoms with van der Waals surface area (Å²) in [6.45, 7) is 5.48. The molecular formula is C18H21ClN4O2. The first-order chi connectivity index (χ1) is 12.0. The number of anilines is 1. The Morgan fingerprint density at radius 2 is 1.92 bits per heavy atom. The van der Waals surface area contributed by atoms with Crippen molar-refractivity contribution < 1.29 is 9.59 Å². The van der Waals surface area contributed by atoms with Crippen molar-refractivity contribution in [2.45, 2.75) is 20.4 Å². The minimum Gasteiger partial charge on any atom is -0.339 e. The Bertz CT molecular complexity index is 730. The molecule has 0 unspecified atom stereocenters. The van der Waals surface area contributed by atoms with Crippen molar-refractivity contribution in [1.29, 1.82) is 0 Å². The Hall–Kier alpha value is -2.60. The molecule has 7 heteroatoms. The first kappa shape index (κ1) is 18.7. The number of halogens is 1. The highest BCUT2D eigenvalue weighted by molar-refractivity contribution is 6.29. The van der Waals surface area contributed by atoms with Gasteiger partial charge in [0.15, 0.2) is 0 Å². The Kier molecular flexibility index (Phi) is 6.77. The molecule has 0 fully saturated rings. The number of amides is 3. The molecule has 1 aromatic heterocycles. The molecule has 0 atom stereocenters. The highest BCUT2D eigenvalue weighted by Gasteiger charge is 2.13. The molecule has 0 saturated carbocycles. The largest absolute Gasteiger partial charge is 0.339 e. The van der Waals surface area contributed by atoms with Gasteiger partial charge in [-0.1, -0.05) is 23.7 Å². The first-order valence-corrected chi connectivity index (χ1v) is 8.46. The quantitative estimate of drug-likeness (QED) is 0.774. The van der Waals surface area contributed by atoms with Crippen LogP contribution in [0.1, 0.15) is 29.8 Å². The minimum atomic E-state index is -0.359. The zero-order valence-electron chi connectivity index (χ0n) is 14.3. The fourth-order valence-electron chi connectivity index (χ4n) is 2.29. The van der Waals surface area contributed by atoms with E-state index in [2.05, 4.69) is 15.6 Å². The molecule has 0 aliphatic rings. The molecule has 132 valence electrons. The van der Waals surface area contributed by atoms with Gasteiger partial charge < -0.3 is 15.5 Å². The van der Waals surface area contributed by atoms with Crippen molar-refractivity contribution in [3.05, 3.63) is 58.9 Å². The number of carbonyl (C=O) groups excluding carboxylic acids is 2. The molecule has 0 radical (unpaired) electrons. The van der Waals surface area contributed by atoms with E-state index in [1.165, 1.54) is 0 Å². The predicted octanol–water partition coefficient (Wildman–Crippen LogP) is 3.54. The number of pyridine rings is 1. The van der Waals surface area contributed by atoms with E-state index in [1.54, 1.807) is 47.5 Å². The molecule has 6 nitrogen and oxygen atoms in total. The lowest BCUT2D eigenvalue weighted by Gasteiger charge is -2.19. The molecule has 0 aliphatic heterocycles. The van der Waals surface area contributed by atoms with Crippen LogP contribution >= 0.6 is 11.6 Å². The number of nitrogens with zero attached hydrogens (tertiary/aromatic N) is 2. The van der Waals surface area contributed by atoms with Crippen molar-refractivity contribution in [1.82, 2.24) is 15.2 Å². The summed E-state index contributed by atoms with van der Waals surface area (Å²) >= 11 is 5.72. The van der Waals surface area contributed by atoms with Gasteiger partial charge in [0.05, 0.1) is 0 Å². The second kappa shape index (κ2) is 9.03. The van der Waals surface area contributed by atoms with Crippen LogP contribution < -0.4 is 10.6 Å². The Morgan fingerprint density at radius 3 is 2.56 bits per heavy atom. The summed E-state index contributed by atoms with van der Waals surface area (Å²) in [7, 11) is 0. The van der Waals surface area contributed by atoms with Crippen LogP contribution in [0.5, 0.6) is 0 Å². The molecule has 25 heavy (non-hydrogen) atoms. The van der Waals surface area contributed by atoms with E-state index >= 15 is 0 Å². The molecule has 1 heterocycles. The fraction of sp³-hybridized carbons (Fsp3) is 0.278. The summed E-state index contributed by atoms with van der Waals surface area (Å²) < 4.78 is 0. The Labute approximate surface area is 152 Å². The molecule has 2 aromatic rings. The van der Waals surface area contributed by atoms with Crippen molar-refractivity contribution in [3.8, 4) is 0 Å². The van der Waals surface area contributed by atoms with Gasteiger partial charge in [-0.3, -0.25) is 4.79 Å². The van der Waals surface area contributed by atoms with Crippen molar-refractivity contribution in [3.63, 3.8) is 0 Å². The summed E-state index contributed by atoms with van der Waals surface area (Å²) in [6, 6.07) is 9.99. The molecule has 3 amide bonds. The van der Waals surface area contributed by atoms with Gasteiger partial charge in [0.25, 0.3) is 5.91 Å². The Balaban J connectivity index is 1.95. The molecule has 0 spiro atoms. The summed E-state index contributed by atoms with van der Waals surface area (Å²) in [6.07, 6.45) is 1.60. The number of aromatic nitrogens is 1. The van der Waals surface area contributed by atoms with Gasteiger partial charge in [0.2, 0.25) is 0 Å². The zero-order chi connectivity index (χ0) is 18.2. The second-order valence-electron chi connectivity index (χ2n) is 5.36. The number of urea groups is 1. The highest BCUT2D eigenvalue weighted by Crippen LogP contribution is 2.13. The number of rotatable bonds is 6. The maximum absolute atomic E-state index is 12.4. The molecule has 2 N–H and O–H groups in total. The average molecular weight is 361 g/mol. The lowest BCUT2D eigenvalue weighted by Crippen LogP contribution is -2.31. The maximum Gasteiger partial charge on any atom is 0.319 e. The van der Waals surface area contributed by atoms with Gasteiger partial charge >= 0.3 is 6.03 Å².